The van der Waals surface area contributed by atoms with Crippen molar-refractivity contribution < 1.29 is 9.90 Å². The smallest absolute Gasteiger partial charge is 0.242 e. The van der Waals surface area contributed by atoms with E-state index in [1.54, 1.807) is 0 Å². The van der Waals surface area contributed by atoms with Crippen molar-refractivity contribution in [3.05, 3.63) is 57.6 Å². The fraction of sp³-hybridized carbons (Fsp3) is 0.481. The van der Waals surface area contributed by atoms with Crippen LogP contribution in [-0.2, 0) is 10.2 Å². The number of aliphatic hydroxyl groups is 1. The molecule has 1 spiro atoms. The fourth-order valence-corrected chi connectivity index (χ4v) is 6.64. The van der Waals surface area contributed by atoms with Gasteiger partial charge in [0.1, 0.15) is 6.07 Å². The highest BCUT2D eigenvalue weighted by Crippen LogP contribution is 2.54. The molecule has 3 aliphatic rings. The quantitative estimate of drug-likeness (QED) is 0.533. The van der Waals surface area contributed by atoms with Gasteiger partial charge in [-0.05, 0) is 95.6 Å². The Bertz CT molecular complexity index is 1080. The summed E-state index contributed by atoms with van der Waals surface area (Å²) in [6.07, 6.45) is 9.32. The Labute approximate surface area is 198 Å². The lowest BCUT2D eigenvalue weighted by Crippen LogP contribution is -2.40. The van der Waals surface area contributed by atoms with Gasteiger partial charge in [0.25, 0.3) is 0 Å². The van der Waals surface area contributed by atoms with Crippen LogP contribution in [0.4, 0.5) is 11.4 Å². The molecule has 32 heavy (non-hydrogen) atoms. The first kappa shape index (κ1) is 21.7. The van der Waals surface area contributed by atoms with Gasteiger partial charge in [0, 0.05) is 11.1 Å². The summed E-state index contributed by atoms with van der Waals surface area (Å²) >= 11 is 3.51. The number of anilines is 2. The van der Waals surface area contributed by atoms with Crippen molar-refractivity contribution in [2.45, 2.75) is 69.1 Å². The largest absolute Gasteiger partial charge is 0.396 e. The maximum absolute atomic E-state index is 14.1. The molecule has 2 aromatic rings. The number of halogens is 1. The highest BCUT2D eigenvalue weighted by atomic mass is 79.9. The molecule has 1 heterocycles. The first-order valence-electron chi connectivity index (χ1n) is 11.9. The predicted molar refractivity (Wildman–Crippen MR) is 129 cm³/mol. The van der Waals surface area contributed by atoms with E-state index in [4.69, 9.17) is 0 Å². The summed E-state index contributed by atoms with van der Waals surface area (Å²) in [5.74, 6) is 1.01. The molecule has 0 saturated heterocycles. The molecule has 0 aromatic heterocycles. The Morgan fingerprint density at radius 2 is 1.81 bits per heavy atom. The summed E-state index contributed by atoms with van der Waals surface area (Å²) in [4.78, 5) is 15.9. The molecule has 1 amide bonds. The molecule has 1 aliphatic heterocycles. The van der Waals surface area contributed by atoms with Gasteiger partial charge in [-0.3, -0.25) is 9.69 Å². The Morgan fingerprint density at radius 3 is 2.50 bits per heavy atom. The lowest BCUT2D eigenvalue weighted by atomic mass is 9.70. The fourth-order valence-electron chi connectivity index (χ4n) is 6.20. The Hall–Kier alpha value is -2.16. The average molecular weight is 493 g/mol. The minimum Gasteiger partial charge on any atom is -0.396 e. The molecule has 5 heteroatoms. The summed E-state index contributed by atoms with van der Waals surface area (Å²) in [5.41, 5.74) is 4.10. The number of carbonyl (C=O) groups excluding carboxylic acids is 1. The highest BCUT2D eigenvalue weighted by Gasteiger charge is 2.52. The van der Waals surface area contributed by atoms with Crippen molar-refractivity contribution in [2.75, 3.05) is 11.5 Å². The summed E-state index contributed by atoms with van der Waals surface area (Å²) in [7, 11) is 0. The SMILES string of the molecule is N#Cc1c(Br)cccc1N1C(=O)C2(CCCCC2)c2ccc(C3CCC(CO)CC3)cc21. The third kappa shape index (κ3) is 3.40. The third-order valence-corrected chi connectivity index (χ3v) is 8.68. The lowest BCUT2D eigenvalue weighted by molar-refractivity contribution is -0.123. The maximum Gasteiger partial charge on any atom is 0.242 e. The van der Waals surface area contributed by atoms with E-state index in [0.717, 1.165) is 67.1 Å². The second-order valence-corrected chi connectivity index (χ2v) is 10.6. The average Bonchev–Trinajstić information content (AvgIpc) is 3.06. The molecule has 1 N–H and O–H groups in total. The van der Waals surface area contributed by atoms with Crippen LogP contribution in [0.15, 0.2) is 40.9 Å². The number of fused-ring (bicyclic) bond motifs is 2. The standard InChI is InChI=1S/C27H29BrN2O2/c28-23-5-4-6-24(21(23)16-29)30-25-15-20(19-9-7-18(17-31)8-10-19)11-12-22(25)27(26(30)32)13-2-1-3-14-27/h4-6,11-12,15,18-19,31H,1-3,7-10,13-14,17H2. The summed E-state index contributed by atoms with van der Waals surface area (Å²) in [6.45, 7) is 0.279. The van der Waals surface area contributed by atoms with E-state index in [0.29, 0.717) is 23.1 Å². The lowest BCUT2D eigenvalue weighted by Gasteiger charge is -2.32. The molecule has 0 atom stereocenters. The number of hydrogen-bond donors (Lipinski definition) is 1. The van der Waals surface area contributed by atoms with Crippen molar-refractivity contribution in [3.8, 4) is 6.07 Å². The van der Waals surface area contributed by atoms with Crippen molar-refractivity contribution in [3.63, 3.8) is 0 Å². The molecule has 0 radical (unpaired) electrons. The van der Waals surface area contributed by atoms with Crippen LogP contribution in [0.5, 0.6) is 0 Å². The molecular weight excluding hydrogens is 464 g/mol. The third-order valence-electron chi connectivity index (χ3n) is 8.02. The van der Waals surface area contributed by atoms with Crippen LogP contribution in [0.3, 0.4) is 0 Å². The number of hydrogen-bond acceptors (Lipinski definition) is 3. The van der Waals surface area contributed by atoms with E-state index in [-0.39, 0.29) is 12.5 Å². The molecule has 4 nitrogen and oxygen atoms in total. The Balaban J connectivity index is 1.62. The molecule has 5 rings (SSSR count). The second kappa shape index (κ2) is 8.65. The number of amides is 1. The van der Waals surface area contributed by atoms with Crippen LogP contribution in [0.1, 0.15) is 80.4 Å². The number of benzene rings is 2. The van der Waals surface area contributed by atoms with Crippen LogP contribution >= 0.6 is 15.9 Å². The first-order valence-corrected chi connectivity index (χ1v) is 12.7. The molecule has 2 aliphatic carbocycles. The van der Waals surface area contributed by atoms with E-state index in [9.17, 15) is 15.2 Å². The molecule has 2 aromatic carbocycles. The van der Waals surface area contributed by atoms with Gasteiger partial charge in [0.05, 0.1) is 22.4 Å². The molecule has 2 fully saturated rings. The van der Waals surface area contributed by atoms with Crippen LogP contribution in [-0.4, -0.2) is 17.6 Å². The van der Waals surface area contributed by atoms with Crippen molar-refractivity contribution in [1.29, 1.82) is 5.26 Å². The van der Waals surface area contributed by atoms with Crippen molar-refractivity contribution in [1.82, 2.24) is 0 Å². The normalized spacial score (nSPS) is 24.4. The molecule has 166 valence electrons. The van der Waals surface area contributed by atoms with Gasteiger partial charge >= 0.3 is 0 Å². The van der Waals surface area contributed by atoms with Crippen molar-refractivity contribution >= 4 is 33.2 Å². The predicted octanol–water partition coefficient (Wildman–Crippen LogP) is 6.47. The Kier molecular flexibility index (Phi) is 5.86. The zero-order valence-electron chi connectivity index (χ0n) is 18.3. The number of aliphatic hydroxyl groups excluding tert-OH is 1. The molecule has 2 saturated carbocycles. The second-order valence-electron chi connectivity index (χ2n) is 9.71. The number of rotatable bonds is 3. The molecular formula is C27H29BrN2O2. The topological polar surface area (TPSA) is 64.3 Å². The van der Waals surface area contributed by atoms with Crippen molar-refractivity contribution in [2.24, 2.45) is 5.92 Å². The van der Waals surface area contributed by atoms with E-state index in [1.165, 1.54) is 12.0 Å². The van der Waals surface area contributed by atoms with Gasteiger partial charge in [0.15, 0.2) is 0 Å². The number of carbonyl (C=O) groups is 1. The minimum atomic E-state index is -0.463. The summed E-state index contributed by atoms with van der Waals surface area (Å²) < 4.78 is 0.718. The van der Waals surface area contributed by atoms with E-state index < -0.39 is 5.41 Å². The zero-order valence-corrected chi connectivity index (χ0v) is 19.9. The van der Waals surface area contributed by atoms with Gasteiger partial charge in [-0.2, -0.15) is 5.26 Å². The zero-order chi connectivity index (χ0) is 22.3. The van der Waals surface area contributed by atoms with Crippen LogP contribution < -0.4 is 4.90 Å². The van der Waals surface area contributed by atoms with Gasteiger partial charge in [-0.1, -0.05) is 37.5 Å². The van der Waals surface area contributed by atoms with Gasteiger partial charge in [-0.15, -0.1) is 0 Å². The highest BCUT2D eigenvalue weighted by molar-refractivity contribution is 9.10. The van der Waals surface area contributed by atoms with Gasteiger partial charge < -0.3 is 5.11 Å². The van der Waals surface area contributed by atoms with Crippen LogP contribution in [0.2, 0.25) is 0 Å². The molecule has 0 unspecified atom stereocenters. The number of nitrogens with zero attached hydrogens (tertiary/aromatic N) is 2. The summed E-state index contributed by atoms with van der Waals surface area (Å²) in [6, 6.07) is 14.6. The minimum absolute atomic E-state index is 0.128. The van der Waals surface area contributed by atoms with Gasteiger partial charge in [0.2, 0.25) is 5.91 Å². The monoisotopic (exact) mass is 492 g/mol. The number of nitriles is 1. The van der Waals surface area contributed by atoms with E-state index >= 15 is 0 Å². The Morgan fingerprint density at radius 1 is 1.06 bits per heavy atom. The van der Waals surface area contributed by atoms with E-state index in [1.807, 2.05) is 23.1 Å². The molecule has 0 bridgehead atoms. The van der Waals surface area contributed by atoms with E-state index in [2.05, 4.69) is 40.2 Å². The van der Waals surface area contributed by atoms with Crippen LogP contribution in [0, 0.1) is 17.2 Å². The van der Waals surface area contributed by atoms with Gasteiger partial charge in [-0.25, -0.2) is 0 Å². The maximum atomic E-state index is 14.1. The van der Waals surface area contributed by atoms with Crippen LogP contribution in [0.25, 0.3) is 0 Å². The summed E-state index contributed by atoms with van der Waals surface area (Å²) in [5, 5.41) is 19.4. The first-order chi connectivity index (χ1) is 15.6.